The number of halogens is 1. The van der Waals surface area contributed by atoms with Gasteiger partial charge in [-0.2, -0.15) is 5.10 Å². The second-order valence-electron chi connectivity index (χ2n) is 9.04. The van der Waals surface area contributed by atoms with Crippen molar-refractivity contribution in [2.45, 2.75) is 33.0 Å². The number of hydrazone groups is 1. The van der Waals surface area contributed by atoms with Crippen molar-refractivity contribution in [2.75, 3.05) is 40.6 Å². The standard InChI is InChI=1S/C29H35ClN4O10/c1-6-41-21-12-18(26-25(28(37)40-5)16(3)32-29(38)33-26)8-9-20(21)43-14-23(35)34-31-13-17-10-19(30)27(22(11-17)42-7-2)44-15-24(36)39-4/h8-13,23,26,34-35H,6-7,14-15H2,1-5H3,(H2,32,33,38)/b31-13-/t23-,26+/m0/s1. The second kappa shape index (κ2) is 16.2. The molecule has 1 aliphatic heterocycles. The van der Waals surface area contributed by atoms with Crippen LogP contribution in [-0.2, 0) is 19.1 Å². The number of carbonyl (C=O) groups excluding carboxylic acids is 3. The summed E-state index contributed by atoms with van der Waals surface area (Å²) in [5.41, 5.74) is 4.26. The predicted octanol–water partition coefficient (Wildman–Crippen LogP) is 2.81. The van der Waals surface area contributed by atoms with Crippen LogP contribution in [0.1, 0.15) is 37.9 Å². The Morgan fingerprint density at radius 2 is 1.77 bits per heavy atom. The minimum absolute atomic E-state index is 0.184. The molecule has 0 unspecified atom stereocenters. The molecule has 0 aliphatic carbocycles. The molecule has 0 bridgehead atoms. The van der Waals surface area contributed by atoms with Gasteiger partial charge in [-0.15, -0.1) is 0 Å². The van der Waals surface area contributed by atoms with Gasteiger partial charge in [0.2, 0.25) is 0 Å². The van der Waals surface area contributed by atoms with Crippen molar-refractivity contribution >= 4 is 35.8 Å². The van der Waals surface area contributed by atoms with Crippen LogP contribution in [0.2, 0.25) is 5.02 Å². The Labute approximate surface area is 259 Å². The minimum atomic E-state index is -1.22. The fourth-order valence-corrected chi connectivity index (χ4v) is 4.35. The number of amides is 2. The molecular weight excluding hydrogens is 600 g/mol. The third-order valence-electron chi connectivity index (χ3n) is 6.00. The number of ether oxygens (including phenoxy) is 6. The average Bonchev–Trinajstić information content (AvgIpc) is 2.99. The van der Waals surface area contributed by atoms with Crippen molar-refractivity contribution in [1.29, 1.82) is 0 Å². The molecule has 0 saturated carbocycles. The minimum Gasteiger partial charge on any atom is -0.490 e. The summed E-state index contributed by atoms with van der Waals surface area (Å²) in [5, 5.41) is 19.9. The Kier molecular flexibility index (Phi) is 12.5. The van der Waals surface area contributed by atoms with Gasteiger partial charge in [0.15, 0.2) is 35.8 Å². The van der Waals surface area contributed by atoms with Crippen molar-refractivity contribution in [3.63, 3.8) is 0 Å². The molecule has 2 aromatic carbocycles. The van der Waals surface area contributed by atoms with Crippen LogP contribution in [0.4, 0.5) is 4.79 Å². The highest BCUT2D eigenvalue weighted by atomic mass is 35.5. The van der Waals surface area contributed by atoms with Crippen LogP contribution in [0.25, 0.3) is 0 Å². The summed E-state index contributed by atoms with van der Waals surface area (Å²) in [5.74, 6) is -0.0284. The Hall–Kier alpha value is -4.69. The molecule has 0 saturated heterocycles. The van der Waals surface area contributed by atoms with Crippen molar-refractivity contribution in [2.24, 2.45) is 5.10 Å². The van der Waals surface area contributed by atoms with Gasteiger partial charge in [0.25, 0.3) is 0 Å². The number of methoxy groups -OCH3 is 2. The van der Waals surface area contributed by atoms with E-state index in [1.54, 1.807) is 51.1 Å². The highest BCUT2D eigenvalue weighted by Crippen LogP contribution is 2.37. The number of aliphatic hydroxyl groups excluding tert-OH is 1. The lowest BCUT2D eigenvalue weighted by Gasteiger charge is -2.28. The fourth-order valence-electron chi connectivity index (χ4n) is 4.08. The first-order chi connectivity index (χ1) is 21.1. The van der Waals surface area contributed by atoms with E-state index in [1.807, 2.05) is 0 Å². The van der Waals surface area contributed by atoms with Crippen LogP contribution in [0.15, 0.2) is 46.7 Å². The Morgan fingerprint density at radius 3 is 2.45 bits per heavy atom. The van der Waals surface area contributed by atoms with Crippen LogP contribution in [0.5, 0.6) is 23.0 Å². The monoisotopic (exact) mass is 634 g/mol. The van der Waals surface area contributed by atoms with E-state index in [0.29, 0.717) is 47.3 Å². The molecule has 2 aromatic rings. The van der Waals surface area contributed by atoms with E-state index in [0.717, 1.165) is 0 Å². The van der Waals surface area contributed by atoms with Crippen LogP contribution in [0, 0.1) is 0 Å². The maximum Gasteiger partial charge on any atom is 0.343 e. The number of urea groups is 1. The van der Waals surface area contributed by atoms with Gasteiger partial charge in [-0.25, -0.2) is 14.4 Å². The van der Waals surface area contributed by atoms with Gasteiger partial charge in [-0.05, 0) is 56.2 Å². The highest BCUT2D eigenvalue weighted by Gasteiger charge is 2.32. The van der Waals surface area contributed by atoms with Gasteiger partial charge in [0, 0.05) is 5.70 Å². The number of hydrogen-bond donors (Lipinski definition) is 4. The van der Waals surface area contributed by atoms with Crippen LogP contribution in [-0.4, -0.2) is 76.2 Å². The molecule has 3 rings (SSSR count). The van der Waals surface area contributed by atoms with E-state index in [1.165, 1.54) is 20.4 Å². The summed E-state index contributed by atoms with van der Waals surface area (Å²) in [6.07, 6.45) is 0.189. The summed E-state index contributed by atoms with van der Waals surface area (Å²) in [7, 11) is 2.51. The molecule has 44 heavy (non-hydrogen) atoms. The maximum atomic E-state index is 12.4. The van der Waals surface area contributed by atoms with Gasteiger partial charge < -0.3 is 44.2 Å². The number of hydrogen-bond acceptors (Lipinski definition) is 12. The number of carbonyl (C=O) groups is 3. The summed E-state index contributed by atoms with van der Waals surface area (Å²) >= 11 is 6.33. The molecule has 1 aliphatic rings. The van der Waals surface area contributed by atoms with E-state index < -0.39 is 30.2 Å². The third kappa shape index (κ3) is 8.91. The lowest BCUT2D eigenvalue weighted by molar-refractivity contribution is -0.143. The summed E-state index contributed by atoms with van der Waals surface area (Å²) in [6, 6.07) is 6.83. The van der Waals surface area contributed by atoms with Gasteiger partial charge in [0.1, 0.15) is 6.61 Å². The van der Waals surface area contributed by atoms with Crippen molar-refractivity contribution in [3.05, 3.63) is 57.8 Å². The Bertz CT molecular complexity index is 1410. The van der Waals surface area contributed by atoms with Gasteiger partial charge >= 0.3 is 18.0 Å². The van der Waals surface area contributed by atoms with Crippen LogP contribution < -0.4 is 35.0 Å². The molecule has 14 nitrogen and oxygen atoms in total. The van der Waals surface area contributed by atoms with E-state index in [2.05, 4.69) is 25.9 Å². The number of benzene rings is 2. The van der Waals surface area contributed by atoms with E-state index in [9.17, 15) is 19.5 Å². The molecule has 0 fully saturated rings. The first-order valence-electron chi connectivity index (χ1n) is 13.5. The Balaban J connectivity index is 1.68. The molecule has 0 aromatic heterocycles. The number of nitrogens with zero attached hydrogens (tertiary/aromatic N) is 1. The summed E-state index contributed by atoms with van der Waals surface area (Å²) < 4.78 is 32.0. The molecular formula is C29H35ClN4O10. The third-order valence-corrected chi connectivity index (χ3v) is 6.28. The lowest BCUT2D eigenvalue weighted by Crippen LogP contribution is -2.45. The largest absolute Gasteiger partial charge is 0.490 e. The second-order valence-corrected chi connectivity index (χ2v) is 9.45. The first-order valence-corrected chi connectivity index (χ1v) is 13.9. The molecule has 0 spiro atoms. The zero-order valence-corrected chi connectivity index (χ0v) is 25.6. The molecule has 2 amide bonds. The van der Waals surface area contributed by atoms with Crippen molar-refractivity contribution in [1.82, 2.24) is 16.1 Å². The fraction of sp³-hybridized carbons (Fsp3) is 0.379. The topological polar surface area (TPSA) is 175 Å². The Morgan fingerprint density at radius 1 is 1.05 bits per heavy atom. The predicted molar refractivity (Wildman–Crippen MR) is 159 cm³/mol. The number of nitrogens with one attached hydrogen (secondary N) is 3. The van der Waals surface area contributed by atoms with Crippen molar-refractivity contribution in [3.8, 4) is 23.0 Å². The SMILES string of the molecule is CCOc1cc([C@H]2NC(=O)NC(C)=C2C(=O)OC)ccc1OC[C@H](O)N/N=C\c1cc(Cl)c(OCC(=O)OC)c(OCC)c1. The smallest absolute Gasteiger partial charge is 0.343 e. The van der Waals surface area contributed by atoms with Gasteiger partial charge in [-0.1, -0.05) is 17.7 Å². The van der Waals surface area contributed by atoms with Crippen LogP contribution >= 0.6 is 11.6 Å². The number of allylic oxidation sites excluding steroid dienone is 1. The molecule has 4 N–H and O–H groups in total. The zero-order valence-electron chi connectivity index (χ0n) is 24.9. The average molecular weight is 635 g/mol. The maximum absolute atomic E-state index is 12.4. The summed E-state index contributed by atoms with van der Waals surface area (Å²) in [6.45, 7) is 5.26. The number of rotatable bonds is 15. The van der Waals surface area contributed by atoms with E-state index in [-0.39, 0.29) is 29.6 Å². The number of esters is 2. The van der Waals surface area contributed by atoms with E-state index >= 15 is 0 Å². The first kappa shape index (κ1) is 33.8. The van der Waals surface area contributed by atoms with Crippen LogP contribution in [0.3, 0.4) is 0 Å². The van der Waals surface area contributed by atoms with Gasteiger partial charge in [-0.3, -0.25) is 5.43 Å². The quantitative estimate of drug-likeness (QED) is 0.0981. The summed E-state index contributed by atoms with van der Waals surface area (Å²) in [4.78, 5) is 36.0. The number of aliphatic hydroxyl groups is 1. The molecule has 238 valence electrons. The zero-order chi connectivity index (χ0) is 32.2. The molecule has 2 atom stereocenters. The highest BCUT2D eigenvalue weighted by molar-refractivity contribution is 6.32. The molecule has 0 radical (unpaired) electrons. The molecule has 1 heterocycles. The van der Waals surface area contributed by atoms with E-state index in [4.69, 9.17) is 35.3 Å². The van der Waals surface area contributed by atoms with Crippen molar-refractivity contribution < 1.29 is 47.9 Å². The molecule has 15 heteroatoms. The normalized spacial score (nSPS) is 15.2. The van der Waals surface area contributed by atoms with Gasteiger partial charge in [0.05, 0.1) is 50.3 Å². The lowest BCUT2D eigenvalue weighted by atomic mass is 9.95.